The van der Waals surface area contributed by atoms with Gasteiger partial charge in [0.15, 0.2) is 5.13 Å². The minimum absolute atomic E-state index is 0. The van der Waals surface area contributed by atoms with Crippen LogP contribution >= 0.6 is 23.7 Å². The van der Waals surface area contributed by atoms with Crippen molar-refractivity contribution >= 4 is 56.6 Å². The monoisotopic (exact) mass is 408 g/mol. The van der Waals surface area contributed by atoms with Crippen molar-refractivity contribution in [1.29, 1.82) is 0 Å². The number of benzene rings is 1. The topological polar surface area (TPSA) is 83.1 Å². The Hall–Kier alpha value is -1.70. The van der Waals surface area contributed by atoms with Crippen LogP contribution in [0.2, 0.25) is 0 Å². The molecule has 1 spiro atoms. The highest BCUT2D eigenvalue weighted by atomic mass is 35.5. The van der Waals surface area contributed by atoms with Gasteiger partial charge in [0, 0.05) is 18.0 Å². The van der Waals surface area contributed by atoms with Gasteiger partial charge in [0.25, 0.3) is 0 Å². The molecule has 0 radical (unpaired) electrons. The molecule has 2 aliphatic rings. The normalized spacial score (nSPS) is 20.1. The lowest BCUT2D eigenvalue weighted by Gasteiger charge is -2.23. The van der Waals surface area contributed by atoms with E-state index in [1.807, 2.05) is 25.1 Å². The molecule has 1 saturated carbocycles. The molecule has 27 heavy (non-hydrogen) atoms. The Bertz CT molecular complexity index is 847. The summed E-state index contributed by atoms with van der Waals surface area (Å²) in [5.41, 5.74) is 1.87. The van der Waals surface area contributed by atoms with Crippen molar-refractivity contribution in [2.75, 3.05) is 23.7 Å². The molecule has 1 atom stereocenters. The Kier molecular flexibility index (Phi) is 6.03. The largest absolute Gasteiger partial charge is 0.326 e. The summed E-state index contributed by atoms with van der Waals surface area (Å²) in [5.74, 6) is 0.263. The van der Waals surface area contributed by atoms with Crippen molar-refractivity contribution < 1.29 is 9.59 Å². The molecule has 1 aromatic carbocycles. The number of anilines is 2. The van der Waals surface area contributed by atoms with Crippen molar-refractivity contribution in [3.8, 4) is 0 Å². The molecule has 1 unspecified atom stereocenters. The molecule has 1 aliphatic heterocycles. The number of nitrogens with one attached hydrogen (secondary N) is 3. The molecule has 0 bridgehead atoms. The highest BCUT2D eigenvalue weighted by Crippen LogP contribution is 2.58. The zero-order valence-corrected chi connectivity index (χ0v) is 17.0. The Morgan fingerprint density at radius 2 is 2.07 bits per heavy atom. The molecule has 2 aromatic rings. The van der Waals surface area contributed by atoms with E-state index in [9.17, 15) is 9.59 Å². The quantitative estimate of drug-likeness (QED) is 0.702. The molecular formula is C19H25ClN4O2S. The van der Waals surface area contributed by atoms with Gasteiger partial charge in [0.1, 0.15) is 0 Å². The third-order valence-electron chi connectivity index (χ3n) is 5.48. The van der Waals surface area contributed by atoms with Gasteiger partial charge >= 0.3 is 0 Å². The number of rotatable bonds is 5. The summed E-state index contributed by atoms with van der Waals surface area (Å²) in [6.07, 6.45) is 4.51. The van der Waals surface area contributed by atoms with Crippen LogP contribution in [-0.2, 0) is 9.59 Å². The number of piperidine rings is 1. The third-order valence-corrected chi connectivity index (χ3v) is 6.42. The lowest BCUT2D eigenvalue weighted by molar-refractivity contribution is -0.118. The van der Waals surface area contributed by atoms with Crippen LogP contribution in [0.5, 0.6) is 0 Å². The van der Waals surface area contributed by atoms with Gasteiger partial charge in [0.05, 0.1) is 10.2 Å². The van der Waals surface area contributed by atoms with E-state index in [1.165, 1.54) is 11.3 Å². The lowest BCUT2D eigenvalue weighted by Crippen LogP contribution is -2.31. The highest BCUT2D eigenvalue weighted by molar-refractivity contribution is 7.22. The van der Waals surface area contributed by atoms with E-state index in [-0.39, 0.29) is 35.6 Å². The number of amides is 2. The van der Waals surface area contributed by atoms with Crippen LogP contribution < -0.4 is 16.0 Å². The van der Waals surface area contributed by atoms with Crippen molar-refractivity contribution in [3.05, 3.63) is 18.2 Å². The number of fused-ring (bicyclic) bond motifs is 1. The Balaban J connectivity index is 0.00000210. The number of nitrogens with zero attached hydrogens (tertiary/aromatic N) is 1. The number of carbonyl (C=O) groups excluding carboxylic acids is 2. The van der Waals surface area contributed by atoms with Gasteiger partial charge in [-0.25, -0.2) is 4.98 Å². The number of thiazole rings is 1. The Labute approximate surface area is 168 Å². The fraction of sp³-hybridized carbons (Fsp3) is 0.526. The van der Waals surface area contributed by atoms with Crippen LogP contribution in [0.15, 0.2) is 18.2 Å². The summed E-state index contributed by atoms with van der Waals surface area (Å²) in [7, 11) is 0. The maximum absolute atomic E-state index is 12.6. The fourth-order valence-corrected chi connectivity index (χ4v) is 4.81. The average molecular weight is 409 g/mol. The summed E-state index contributed by atoms with van der Waals surface area (Å²) >= 11 is 1.44. The third kappa shape index (κ3) is 4.25. The second-order valence-electron chi connectivity index (χ2n) is 7.36. The maximum Gasteiger partial charge on any atom is 0.228 e. The molecule has 2 fully saturated rings. The first-order chi connectivity index (χ1) is 12.6. The maximum atomic E-state index is 12.6. The molecular weight excluding hydrogens is 384 g/mol. The Morgan fingerprint density at radius 1 is 1.30 bits per heavy atom. The zero-order chi connectivity index (χ0) is 18.1. The number of aromatic nitrogens is 1. The fourth-order valence-electron chi connectivity index (χ4n) is 3.89. The first kappa shape index (κ1) is 20.0. The first-order valence-corrected chi connectivity index (χ1v) is 10.1. The van der Waals surface area contributed by atoms with E-state index < -0.39 is 0 Å². The van der Waals surface area contributed by atoms with Gasteiger partial charge in [0.2, 0.25) is 11.8 Å². The van der Waals surface area contributed by atoms with Gasteiger partial charge in [-0.05, 0) is 62.4 Å². The van der Waals surface area contributed by atoms with Crippen molar-refractivity contribution in [2.45, 2.75) is 39.0 Å². The lowest BCUT2D eigenvalue weighted by atomic mass is 9.92. The molecule has 2 heterocycles. The van der Waals surface area contributed by atoms with Crippen LogP contribution in [0.3, 0.4) is 0 Å². The summed E-state index contributed by atoms with van der Waals surface area (Å²) in [6.45, 7) is 4.01. The van der Waals surface area contributed by atoms with E-state index in [2.05, 4.69) is 20.9 Å². The van der Waals surface area contributed by atoms with Gasteiger partial charge in [-0.1, -0.05) is 18.3 Å². The molecule has 1 aliphatic carbocycles. The minimum Gasteiger partial charge on any atom is -0.326 e. The molecule has 3 N–H and O–H groups in total. The number of halogens is 1. The SMILES string of the molecule is CCCC(=O)Nc1nc2ccc(NC(=O)C3CC34CCNCC4)cc2s1.Cl. The van der Waals surface area contributed by atoms with E-state index in [4.69, 9.17) is 0 Å². The van der Waals surface area contributed by atoms with Crippen LogP contribution in [0.4, 0.5) is 10.8 Å². The molecule has 8 heteroatoms. The number of hydrogen-bond acceptors (Lipinski definition) is 5. The molecule has 6 nitrogen and oxygen atoms in total. The van der Waals surface area contributed by atoms with Crippen LogP contribution in [-0.4, -0.2) is 29.9 Å². The minimum atomic E-state index is -0.0129. The van der Waals surface area contributed by atoms with E-state index in [0.29, 0.717) is 11.6 Å². The van der Waals surface area contributed by atoms with Gasteiger partial charge in [-0.15, -0.1) is 12.4 Å². The summed E-state index contributed by atoms with van der Waals surface area (Å²) in [6, 6.07) is 5.72. The average Bonchev–Trinajstić information content (AvgIpc) is 3.15. The van der Waals surface area contributed by atoms with Gasteiger partial charge in [-0.3, -0.25) is 9.59 Å². The van der Waals surface area contributed by atoms with Crippen LogP contribution in [0.1, 0.15) is 39.0 Å². The van der Waals surface area contributed by atoms with Crippen LogP contribution in [0.25, 0.3) is 10.2 Å². The summed E-state index contributed by atoms with van der Waals surface area (Å²) in [4.78, 5) is 28.8. The highest BCUT2D eigenvalue weighted by Gasteiger charge is 2.57. The van der Waals surface area contributed by atoms with Crippen molar-refractivity contribution in [1.82, 2.24) is 10.3 Å². The molecule has 1 saturated heterocycles. The first-order valence-electron chi connectivity index (χ1n) is 9.32. The summed E-state index contributed by atoms with van der Waals surface area (Å²) in [5, 5.41) is 9.88. The number of carbonyl (C=O) groups is 2. The molecule has 1 aromatic heterocycles. The zero-order valence-electron chi connectivity index (χ0n) is 15.3. The molecule has 2 amide bonds. The van der Waals surface area contributed by atoms with Crippen molar-refractivity contribution in [2.24, 2.45) is 11.3 Å². The second kappa shape index (κ2) is 8.12. The van der Waals surface area contributed by atoms with E-state index >= 15 is 0 Å². The molecule has 4 rings (SSSR count). The summed E-state index contributed by atoms with van der Waals surface area (Å²) < 4.78 is 0.960. The van der Waals surface area contributed by atoms with E-state index in [1.54, 1.807) is 0 Å². The van der Waals surface area contributed by atoms with Gasteiger partial charge in [-0.2, -0.15) is 0 Å². The van der Waals surface area contributed by atoms with Gasteiger partial charge < -0.3 is 16.0 Å². The molecule has 146 valence electrons. The van der Waals surface area contributed by atoms with Crippen LogP contribution in [0, 0.1) is 11.3 Å². The predicted molar refractivity (Wildman–Crippen MR) is 112 cm³/mol. The standard InChI is InChI=1S/C19H24N4O2S.ClH/c1-2-3-16(24)23-18-22-14-5-4-12(10-15(14)26-18)21-17(25)13-11-19(13)6-8-20-9-7-19;/h4-5,10,13,20H,2-3,6-9,11H2,1H3,(H,21,25)(H,22,23,24);1H. The number of hydrogen-bond donors (Lipinski definition) is 3. The Morgan fingerprint density at radius 3 is 2.81 bits per heavy atom. The van der Waals surface area contributed by atoms with Crippen molar-refractivity contribution in [3.63, 3.8) is 0 Å². The second-order valence-corrected chi connectivity index (χ2v) is 8.39. The smallest absolute Gasteiger partial charge is 0.228 e. The predicted octanol–water partition coefficient (Wildman–Crippen LogP) is 3.78. The van der Waals surface area contributed by atoms with E-state index in [0.717, 1.165) is 54.7 Å².